The van der Waals surface area contributed by atoms with E-state index in [0.717, 1.165) is 10.5 Å². The molecule has 1 atom stereocenters. The van der Waals surface area contributed by atoms with Crippen LogP contribution in [-0.2, 0) is 22.4 Å². The van der Waals surface area contributed by atoms with Gasteiger partial charge in [-0.2, -0.15) is 0 Å². The van der Waals surface area contributed by atoms with Crippen LogP contribution in [0.1, 0.15) is 11.1 Å². The van der Waals surface area contributed by atoms with Crippen LogP contribution in [0.4, 0.5) is 16.2 Å². The predicted octanol–water partition coefficient (Wildman–Crippen LogP) is 1.91. The molecule has 0 radical (unpaired) electrons. The molecule has 0 saturated carbocycles. The molecule has 0 aliphatic carbocycles. The molecule has 2 aliphatic heterocycles. The van der Waals surface area contributed by atoms with Crippen molar-refractivity contribution in [3.8, 4) is 11.5 Å². The maximum absolute atomic E-state index is 13.6. The minimum atomic E-state index is -1.57. The number of non-ortho nitro benzene ring substituents is 1. The smallest absolute Gasteiger partial charge is 0.330 e. The monoisotopic (exact) mass is 468 g/mol. The van der Waals surface area contributed by atoms with E-state index in [9.17, 15) is 24.5 Å². The number of hydrogen-bond acceptors (Lipinski definition) is 8. The van der Waals surface area contributed by atoms with E-state index in [1.165, 1.54) is 26.4 Å². The van der Waals surface area contributed by atoms with Crippen LogP contribution < -0.4 is 19.7 Å². The van der Waals surface area contributed by atoms with Gasteiger partial charge >= 0.3 is 6.03 Å². The summed E-state index contributed by atoms with van der Waals surface area (Å²) < 4.78 is 10.5. The molecule has 1 spiro atoms. The Kier molecular flexibility index (Phi) is 5.86. The molecule has 4 rings (SSSR count). The molecule has 0 unspecified atom stereocenters. The predicted molar refractivity (Wildman–Crippen MR) is 121 cm³/mol. The number of hydrogen-bond donors (Lipinski definition) is 1. The average molecular weight is 468 g/mol. The summed E-state index contributed by atoms with van der Waals surface area (Å²) >= 11 is 0. The fourth-order valence-electron chi connectivity index (χ4n) is 4.58. The summed E-state index contributed by atoms with van der Waals surface area (Å²) in [7, 11) is 4.75. The summed E-state index contributed by atoms with van der Waals surface area (Å²) in [5.74, 6) is -0.242. The second kappa shape index (κ2) is 8.65. The van der Waals surface area contributed by atoms with Gasteiger partial charge in [0.2, 0.25) is 11.8 Å². The van der Waals surface area contributed by atoms with E-state index >= 15 is 0 Å². The van der Waals surface area contributed by atoms with Gasteiger partial charge < -0.3 is 14.4 Å². The van der Waals surface area contributed by atoms with Crippen molar-refractivity contribution in [1.29, 1.82) is 0 Å². The Labute approximate surface area is 195 Å². The van der Waals surface area contributed by atoms with E-state index < -0.39 is 28.2 Å². The largest absolute Gasteiger partial charge is 0.493 e. The van der Waals surface area contributed by atoms with Gasteiger partial charge in [-0.15, -0.1) is 0 Å². The number of urea groups is 1. The van der Waals surface area contributed by atoms with Crippen LogP contribution >= 0.6 is 0 Å². The first-order chi connectivity index (χ1) is 16.2. The van der Waals surface area contributed by atoms with Crippen LogP contribution in [-0.4, -0.2) is 62.0 Å². The number of barbiturate groups is 1. The number of ether oxygens (including phenoxy) is 2. The number of carbonyl (C=O) groups is 3. The van der Waals surface area contributed by atoms with Crippen LogP contribution in [0.15, 0.2) is 36.4 Å². The van der Waals surface area contributed by atoms with E-state index in [2.05, 4.69) is 5.32 Å². The van der Waals surface area contributed by atoms with Crippen molar-refractivity contribution in [3.63, 3.8) is 0 Å². The molecule has 2 aromatic carbocycles. The number of imide groups is 2. The van der Waals surface area contributed by atoms with Gasteiger partial charge in [0.05, 0.1) is 19.1 Å². The number of nitrogens with zero attached hydrogens (tertiary/aromatic N) is 3. The van der Waals surface area contributed by atoms with E-state index in [-0.39, 0.29) is 25.2 Å². The van der Waals surface area contributed by atoms with Crippen molar-refractivity contribution in [3.05, 3.63) is 57.6 Å². The lowest BCUT2D eigenvalue weighted by Gasteiger charge is -2.45. The van der Waals surface area contributed by atoms with Gasteiger partial charge in [0.25, 0.3) is 5.69 Å². The molecule has 11 heteroatoms. The van der Waals surface area contributed by atoms with Crippen molar-refractivity contribution in [1.82, 2.24) is 10.2 Å². The van der Waals surface area contributed by atoms with Gasteiger partial charge in [-0.1, -0.05) is 6.07 Å². The molecule has 11 nitrogen and oxygen atoms in total. The lowest BCUT2D eigenvalue weighted by molar-refractivity contribution is -0.384. The Morgan fingerprint density at radius 2 is 1.82 bits per heavy atom. The minimum Gasteiger partial charge on any atom is -0.493 e. The zero-order chi connectivity index (χ0) is 24.6. The minimum absolute atomic E-state index is 0.0423. The van der Waals surface area contributed by atoms with Gasteiger partial charge in [0, 0.05) is 38.0 Å². The third-order valence-corrected chi connectivity index (χ3v) is 6.31. The number of methoxy groups -OCH3 is 2. The lowest BCUT2D eigenvalue weighted by Crippen LogP contribution is -2.68. The van der Waals surface area contributed by atoms with Crippen LogP contribution in [0.2, 0.25) is 0 Å². The van der Waals surface area contributed by atoms with Crippen molar-refractivity contribution in [2.45, 2.75) is 12.8 Å². The van der Waals surface area contributed by atoms with Crippen LogP contribution in [0.25, 0.3) is 0 Å². The fraction of sp³-hybridized carbons (Fsp3) is 0.348. The van der Waals surface area contributed by atoms with Gasteiger partial charge in [0.1, 0.15) is 5.41 Å². The number of amides is 4. The summed E-state index contributed by atoms with van der Waals surface area (Å²) in [6.07, 6.45) is 0.293. The Balaban J connectivity index is 1.61. The molecule has 1 saturated heterocycles. The van der Waals surface area contributed by atoms with Gasteiger partial charge in [-0.3, -0.25) is 29.9 Å². The highest BCUT2D eigenvalue weighted by molar-refractivity contribution is 6.20. The molecule has 2 aromatic rings. The Hall–Kier alpha value is -4.15. The SMILES string of the molecule is COc1ccc(CCN2C(=O)NC(=O)[C@@]3(Cc4cc([N+](=O)[O-])ccc4N(C)C3)C2=O)cc1OC. The molecule has 1 fully saturated rings. The molecular formula is C23H24N4O7. The number of nitro benzene ring substituents is 1. The standard InChI is InChI=1S/C23H24N4O7/c1-25-13-23(12-15-11-16(27(31)32)5-6-17(15)25)20(28)24-22(30)26(21(23)29)9-8-14-4-7-18(33-2)19(10-14)34-3/h4-7,10-11H,8-9,12-13H2,1-3H3,(H,24,28,30)/t23-/m0/s1. The first kappa shape index (κ1) is 23.0. The van der Waals surface area contributed by atoms with E-state index in [1.54, 1.807) is 36.2 Å². The van der Waals surface area contributed by atoms with E-state index in [0.29, 0.717) is 29.2 Å². The third kappa shape index (κ3) is 3.78. The van der Waals surface area contributed by atoms with Gasteiger partial charge in [-0.25, -0.2) is 4.79 Å². The molecule has 34 heavy (non-hydrogen) atoms. The summed E-state index contributed by atoms with van der Waals surface area (Å²) in [4.78, 5) is 52.6. The molecule has 1 N–H and O–H groups in total. The number of anilines is 1. The lowest BCUT2D eigenvalue weighted by atomic mass is 9.74. The number of fused-ring (bicyclic) bond motifs is 1. The topological polar surface area (TPSA) is 131 Å². The maximum atomic E-state index is 13.6. The number of nitrogens with one attached hydrogen (secondary N) is 1. The zero-order valence-electron chi connectivity index (χ0n) is 19.0. The van der Waals surface area contributed by atoms with Crippen LogP contribution in [0.3, 0.4) is 0 Å². The van der Waals surface area contributed by atoms with Crippen molar-refractivity contribution < 1.29 is 28.8 Å². The number of carbonyl (C=O) groups excluding carboxylic acids is 3. The Bertz CT molecular complexity index is 1200. The molecular weight excluding hydrogens is 444 g/mol. The molecule has 2 aliphatic rings. The van der Waals surface area contributed by atoms with Crippen molar-refractivity contribution >= 4 is 29.2 Å². The Morgan fingerprint density at radius 3 is 2.50 bits per heavy atom. The molecule has 0 aromatic heterocycles. The number of benzene rings is 2. The molecule has 0 bridgehead atoms. The zero-order valence-corrected chi connectivity index (χ0v) is 19.0. The summed E-state index contributed by atoms with van der Waals surface area (Å²) in [6, 6.07) is 8.87. The molecule has 2 heterocycles. The maximum Gasteiger partial charge on any atom is 0.330 e. The number of rotatable bonds is 6. The fourth-order valence-corrected chi connectivity index (χ4v) is 4.58. The summed E-state index contributed by atoms with van der Waals surface area (Å²) in [6.45, 7) is 0.0866. The second-order valence-corrected chi connectivity index (χ2v) is 8.34. The molecule has 4 amide bonds. The first-order valence-electron chi connectivity index (χ1n) is 10.6. The van der Waals surface area contributed by atoms with Crippen LogP contribution in [0.5, 0.6) is 11.5 Å². The summed E-state index contributed by atoms with van der Waals surface area (Å²) in [5.41, 5.74) is 0.314. The van der Waals surface area contributed by atoms with Gasteiger partial charge in [-0.05, 0) is 42.2 Å². The average Bonchev–Trinajstić information content (AvgIpc) is 2.82. The van der Waals surface area contributed by atoms with Crippen molar-refractivity contribution in [2.75, 3.05) is 39.3 Å². The second-order valence-electron chi connectivity index (χ2n) is 8.34. The Morgan fingerprint density at radius 1 is 1.09 bits per heavy atom. The normalized spacial score (nSPS) is 19.7. The highest BCUT2D eigenvalue weighted by Gasteiger charge is 2.56. The van der Waals surface area contributed by atoms with Gasteiger partial charge in [0.15, 0.2) is 11.5 Å². The van der Waals surface area contributed by atoms with Crippen LogP contribution in [0, 0.1) is 15.5 Å². The summed E-state index contributed by atoms with van der Waals surface area (Å²) in [5, 5.41) is 13.5. The van der Waals surface area contributed by atoms with E-state index in [4.69, 9.17) is 9.47 Å². The highest BCUT2D eigenvalue weighted by Crippen LogP contribution is 2.40. The quantitative estimate of drug-likeness (QED) is 0.386. The highest BCUT2D eigenvalue weighted by atomic mass is 16.6. The van der Waals surface area contributed by atoms with Crippen molar-refractivity contribution in [2.24, 2.45) is 5.41 Å². The third-order valence-electron chi connectivity index (χ3n) is 6.31. The molecule has 178 valence electrons. The van der Waals surface area contributed by atoms with E-state index in [1.807, 2.05) is 0 Å². The number of nitro groups is 1. The first-order valence-corrected chi connectivity index (χ1v) is 10.6.